The summed E-state index contributed by atoms with van der Waals surface area (Å²) in [5.74, 6) is -0.392. The number of hydrogen-bond acceptors (Lipinski definition) is 4. The number of nitrogens with one attached hydrogen (secondary N) is 1. The molecule has 0 aromatic rings. The zero-order valence-corrected chi connectivity index (χ0v) is 12.6. The van der Waals surface area contributed by atoms with E-state index in [0.717, 1.165) is 13.0 Å². The van der Waals surface area contributed by atoms with Gasteiger partial charge in [0.2, 0.25) is 17.7 Å². The van der Waals surface area contributed by atoms with E-state index in [1.54, 1.807) is 0 Å². The van der Waals surface area contributed by atoms with E-state index in [4.69, 9.17) is 0 Å². The van der Waals surface area contributed by atoms with E-state index in [-0.39, 0.29) is 43.5 Å². The minimum absolute atomic E-state index is 0.0823. The van der Waals surface area contributed by atoms with Gasteiger partial charge in [0.15, 0.2) is 0 Å². The molecule has 0 aliphatic carbocycles. The highest BCUT2D eigenvalue weighted by Crippen LogP contribution is 2.11. The zero-order valence-electron chi connectivity index (χ0n) is 12.6. The Labute approximate surface area is 125 Å². The molecule has 0 radical (unpaired) electrons. The number of nitrogens with zero attached hydrogens (tertiary/aromatic N) is 2. The van der Waals surface area contributed by atoms with Crippen molar-refractivity contribution in [2.75, 3.05) is 32.7 Å². The number of piperidine rings is 1. The molecule has 0 aromatic heterocycles. The molecule has 0 bridgehead atoms. The van der Waals surface area contributed by atoms with Crippen molar-refractivity contribution in [3.05, 3.63) is 0 Å². The van der Waals surface area contributed by atoms with Gasteiger partial charge < -0.3 is 10.2 Å². The van der Waals surface area contributed by atoms with E-state index >= 15 is 0 Å². The molecule has 3 amide bonds. The Bertz CT molecular complexity index is 376. The van der Waals surface area contributed by atoms with Crippen molar-refractivity contribution in [3.63, 3.8) is 0 Å². The highest BCUT2D eigenvalue weighted by Gasteiger charge is 2.28. The predicted octanol–water partition coefficient (Wildman–Crippen LogP) is 0.518. The average molecular weight is 295 g/mol. The first-order chi connectivity index (χ1) is 10.2. The van der Waals surface area contributed by atoms with Gasteiger partial charge in [-0.3, -0.25) is 19.3 Å². The summed E-state index contributed by atoms with van der Waals surface area (Å²) in [5, 5.41) is 2.86. The summed E-state index contributed by atoms with van der Waals surface area (Å²) in [6, 6.07) is 0. The van der Waals surface area contributed by atoms with Gasteiger partial charge in [0.1, 0.15) is 0 Å². The molecular weight excluding hydrogens is 270 g/mol. The smallest absolute Gasteiger partial charge is 0.229 e. The van der Waals surface area contributed by atoms with Crippen molar-refractivity contribution in [2.24, 2.45) is 0 Å². The lowest BCUT2D eigenvalue weighted by molar-refractivity contribution is -0.138. The predicted molar refractivity (Wildman–Crippen MR) is 78.5 cm³/mol. The van der Waals surface area contributed by atoms with E-state index in [1.807, 2.05) is 0 Å². The maximum atomic E-state index is 11.7. The molecule has 118 valence electrons. The fourth-order valence-electron chi connectivity index (χ4n) is 2.89. The summed E-state index contributed by atoms with van der Waals surface area (Å²) < 4.78 is 0. The second-order valence-corrected chi connectivity index (χ2v) is 5.79. The Morgan fingerprint density at radius 1 is 1.00 bits per heavy atom. The van der Waals surface area contributed by atoms with Crippen molar-refractivity contribution >= 4 is 17.7 Å². The molecule has 1 N–H and O–H groups in total. The van der Waals surface area contributed by atoms with Gasteiger partial charge in [-0.25, -0.2) is 0 Å². The topological polar surface area (TPSA) is 69.7 Å². The van der Waals surface area contributed by atoms with Crippen molar-refractivity contribution in [2.45, 2.75) is 44.9 Å². The second-order valence-electron chi connectivity index (χ2n) is 5.79. The molecule has 2 saturated heterocycles. The molecule has 0 spiro atoms. The lowest BCUT2D eigenvalue weighted by atomic mass is 10.1. The molecule has 6 heteroatoms. The number of imide groups is 1. The van der Waals surface area contributed by atoms with Crippen LogP contribution in [0.1, 0.15) is 44.9 Å². The molecule has 2 rings (SSSR count). The van der Waals surface area contributed by atoms with Crippen molar-refractivity contribution in [1.29, 1.82) is 0 Å². The Balaban J connectivity index is 1.53. The van der Waals surface area contributed by atoms with Gasteiger partial charge in [0.25, 0.3) is 0 Å². The maximum Gasteiger partial charge on any atom is 0.229 e. The third-order valence-corrected chi connectivity index (χ3v) is 4.14. The monoisotopic (exact) mass is 295 g/mol. The van der Waals surface area contributed by atoms with E-state index in [0.29, 0.717) is 6.54 Å². The van der Waals surface area contributed by atoms with Crippen LogP contribution in [0.25, 0.3) is 0 Å². The molecule has 0 unspecified atom stereocenters. The van der Waals surface area contributed by atoms with Gasteiger partial charge in [-0.1, -0.05) is 6.42 Å². The minimum Gasteiger partial charge on any atom is -0.356 e. The zero-order chi connectivity index (χ0) is 15.1. The van der Waals surface area contributed by atoms with E-state index < -0.39 is 0 Å². The maximum absolute atomic E-state index is 11.7. The Kier molecular flexibility index (Phi) is 6.17. The highest BCUT2D eigenvalue weighted by atomic mass is 16.2. The quantitative estimate of drug-likeness (QED) is 0.549. The number of rotatable bonds is 7. The van der Waals surface area contributed by atoms with Gasteiger partial charge >= 0.3 is 0 Å². The van der Waals surface area contributed by atoms with Crippen LogP contribution in [0.3, 0.4) is 0 Å². The number of likely N-dealkylation sites (tertiary alicyclic amines) is 2. The van der Waals surface area contributed by atoms with Gasteiger partial charge in [0.05, 0.1) is 0 Å². The molecule has 0 saturated carbocycles. The summed E-state index contributed by atoms with van der Waals surface area (Å²) in [6.45, 7) is 4.26. The van der Waals surface area contributed by atoms with E-state index in [9.17, 15) is 14.4 Å². The molecule has 2 fully saturated rings. The first-order valence-electron chi connectivity index (χ1n) is 7.99. The van der Waals surface area contributed by atoms with E-state index in [1.165, 1.54) is 37.3 Å². The van der Waals surface area contributed by atoms with Gasteiger partial charge in [0, 0.05) is 32.4 Å². The fraction of sp³-hybridized carbons (Fsp3) is 0.800. The Morgan fingerprint density at radius 3 is 2.33 bits per heavy atom. The average Bonchev–Trinajstić information content (AvgIpc) is 2.81. The third kappa shape index (κ3) is 5.12. The summed E-state index contributed by atoms with van der Waals surface area (Å²) in [4.78, 5) is 38.1. The minimum atomic E-state index is -0.155. The molecule has 2 aliphatic rings. The first kappa shape index (κ1) is 15.9. The van der Waals surface area contributed by atoms with Crippen molar-refractivity contribution < 1.29 is 14.4 Å². The molecular formula is C15H25N3O3. The van der Waals surface area contributed by atoms with Crippen molar-refractivity contribution in [3.8, 4) is 0 Å². The van der Waals surface area contributed by atoms with Crippen LogP contribution in [0.2, 0.25) is 0 Å². The molecule has 21 heavy (non-hydrogen) atoms. The lowest BCUT2D eigenvalue weighted by Gasteiger charge is -2.26. The first-order valence-corrected chi connectivity index (χ1v) is 7.99. The number of hydrogen-bond donors (Lipinski definition) is 1. The lowest BCUT2D eigenvalue weighted by Crippen LogP contribution is -2.35. The van der Waals surface area contributed by atoms with Gasteiger partial charge in [-0.2, -0.15) is 0 Å². The summed E-state index contributed by atoms with van der Waals surface area (Å²) in [7, 11) is 0. The van der Waals surface area contributed by atoms with Crippen LogP contribution < -0.4 is 5.32 Å². The second kappa shape index (κ2) is 8.12. The number of carbonyl (C=O) groups excluding carboxylic acids is 3. The molecule has 2 aliphatic heterocycles. The van der Waals surface area contributed by atoms with Crippen LogP contribution in [-0.4, -0.2) is 60.2 Å². The molecule has 2 heterocycles. The van der Waals surface area contributed by atoms with Crippen LogP contribution in [-0.2, 0) is 14.4 Å². The SMILES string of the molecule is O=C(CCN1C(=O)CCC1=O)NCCCN1CCCCC1. The Morgan fingerprint density at radius 2 is 1.67 bits per heavy atom. The molecule has 0 atom stereocenters. The van der Waals surface area contributed by atoms with Crippen LogP contribution in [0, 0.1) is 0 Å². The normalized spacial score (nSPS) is 20.1. The Hall–Kier alpha value is -1.43. The standard InChI is InChI=1S/C15H25N3O3/c19-13(7-12-18-14(20)5-6-15(18)21)16-8-4-11-17-9-2-1-3-10-17/h1-12H2,(H,16,19). The van der Waals surface area contributed by atoms with Gasteiger partial charge in [-0.15, -0.1) is 0 Å². The fourth-order valence-corrected chi connectivity index (χ4v) is 2.89. The summed E-state index contributed by atoms with van der Waals surface area (Å²) >= 11 is 0. The van der Waals surface area contributed by atoms with Gasteiger partial charge in [-0.05, 0) is 38.9 Å². The highest BCUT2D eigenvalue weighted by molar-refractivity contribution is 6.02. The summed E-state index contributed by atoms with van der Waals surface area (Å²) in [6.07, 6.45) is 5.64. The van der Waals surface area contributed by atoms with Crippen LogP contribution >= 0.6 is 0 Å². The van der Waals surface area contributed by atoms with Crippen LogP contribution in [0.5, 0.6) is 0 Å². The van der Waals surface area contributed by atoms with E-state index in [2.05, 4.69) is 10.2 Å². The molecule has 0 aromatic carbocycles. The van der Waals surface area contributed by atoms with Crippen LogP contribution in [0.4, 0.5) is 0 Å². The van der Waals surface area contributed by atoms with Crippen LogP contribution in [0.15, 0.2) is 0 Å². The van der Waals surface area contributed by atoms with Crippen molar-refractivity contribution in [1.82, 2.24) is 15.1 Å². The number of amides is 3. The number of carbonyl (C=O) groups is 3. The third-order valence-electron chi connectivity index (χ3n) is 4.14. The largest absolute Gasteiger partial charge is 0.356 e. The molecule has 6 nitrogen and oxygen atoms in total. The summed E-state index contributed by atoms with van der Waals surface area (Å²) in [5.41, 5.74) is 0.